The zero-order valence-corrected chi connectivity index (χ0v) is 14.8. The number of furan rings is 1. The molecule has 1 aliphatic heterocycles. The number of rotatable bonds is 6. The van der Waals surface area contributed by atoms with Gasteiger partial charge >= 0.3 is 0 Å². The number of amides is 1. The summed E-state index contributed by atoms with van der Waals surface area (Å²) in [5.41, 5.74) is 0.428. The summed E-state index contributed by atoms with van der Waals surface area (Å²) in [4.78, 5) is 14.5. The summed E-state index contributed by atoms with van der Waals surface area (Å²) in [5.74, 6) is 1.57. The number of likely N-dealkylation sites (N-methyl/N-ethyl adjacent to an activating group) is 1. The molecule has 130 valence electrons. The average molecular weight is 329 g/mol. The van der Waals surface area contributed by atoms with Crippen molar-refractivity contribution in [3.8, 4) is 0 Å². The molecule has 3 rings (SSSR count). The maximum absolute atomic E-state index is 12.1. The molecule has 0 radical (unpaired) electrons. The zero-order chi connectivity index (χ0) is 17.2. The Hall–Kier alpha value is -1.85. The van der Waals surface area contributed by atoms with Gasteiger partial charge in [-0.2, -0.15) is 0 Å². The molecule has 1 atom stereocenters. The van der Waals surface area contributed by atoms with Crippen LogP contribution in [0.1, 0.15) is 26.0 Å². The van der Waals surface area contributed by atoms with Crippen LogP contribution in [0.2, 0.25) is 0 Å². The fourth-order valence-electron chi connectivity index (χ4n) is 3.13. The summed E-state index contributed by atoms with van der Waals surface area (Å²) in [5, 5.41) is 7.26. The first-order valence-electron chi connectivity index (χ1n) is 8.65. The Morgan fingerprint density at radius 2 is 2.17 bits per heavy atom. The molecule has 1 aliphatic rings. The first-order valence-corrected chi connectivity index (χ1v) is 8.65. The molecule has 0 spiro atoms. The summed E-state index contributed by atoms with van der Waals surface area (Å²) < 4.78 is 5.90. The van der Waals surface area contributed by atoms with E-state index < -0.39 is 5.54 Å². The highest BCUT2D eigenvalue weighted by Gasteiger charge is 2.28. The molecule has 1 amide bonds. The zero-order valence-electron chi connectivity index (χ0n) is 14.8. The number of carbonyl (C=O) groups is 1. The van der Waals surface area contributed by atoms with Gasteiger partial charge in [0.15, 0.2) is 0 Å². The molecule has 1 saturated heterocycles. The van der Waals surface area contributed by atoms with Crippen LogP contribution in [0.3, 0.4) is 0 Å². The normalized spacial score (nSPS) is 19.0. The van der Waals surface area contributed by atoms with Crippen LogP contribution in [0.5, 0.6) is 0 Å². The molecule has 2 N–H and O–H groups in total. The highest BCUT2D eigenvalue weighted by Crippen LogP contribution is 2.23. The molecule has 1 unspecified atom stereocenters. The van der Waals surface area contributed by atoms with E-state index >= 15 is 0 Å². The van der Waals surface area contributed by atoms with Crippen LogP contribution in [0, 0.1) is 5.92 Å². The van der Waals surface area contributed by atoms with Gasteiger partial charge in [-0.05, 0) is 51.9 Å². The van der Waals surface area contributed by atoms with Crippen LogP contribution in [0.4, 0.5) is 0 Å². The lowest BCUT2D eigenvalue weighted by atomic mass is 10.0. The van der Waals surface area contributed by atoms with E-state index in [1.54, 1.807) is 0 Å². The molecule has 2 aromatic rings. The Labute approximate surface area is 143 Å². The Morgan fingerprint density at radius 3 is 2.92 bits per heavy atom. The molecule has 2 heterocycles. The van der Waals surface area contributed by atoms with Crippen LogP contribution in [0.25, 0.3) is 11.0 Å². The van der Waals surface area contributed by atoms with Gasteiger partial charge < -0.3 is 15.1 Å². The van der Waals surface area contributed by atoms with Crippen molar-refractivity contribution in [2.45, 2.75) is 32.4 Å². The van der Waals surface area contributed by atoms with E-state index in [2.05, 4.69) is 27.7 Å². The van der Waals surface area contributed by atoms with Crippen molar-refractivity contribution >= 4 is 16.9 Å². The van der Waals surface area contributed by atoms with Crippen molar-refractivity contribution in [2.75, 3.05) is 26.7 Å². The number of hydrogen-bond acceptors (Lipinski definition) is 4. The van der Waals surface area contributed by atoms with Gasteiger partial charge in [0.05, 0.1) is 12.1 Å². The molecule has 1 fully saturated rings. The average Bonchev–Trinajstić information content (AvgIpc) is 3.18. The molecule has 0 bridgehead atoms. The summed E-state index contributed by atoms with van der Waals surface area (Å²) >= 11 is 0. The second-order valence-electron chi connectivity index (χ2n) is 7.23. The van der Waals surface area contributed by atoms with Crippen LogP contribution in [-0.2, 0) is 11.3 Å². The van der Waals surface area contributed by atoms with Gasteiger partial charge in [-0.3, -0.25) is 9.69 Å². The summed E-state index contributed by atoms with van der Waals surface area (Å²) in [6.07, 6.45) is 1.11. The van der Waals surface area contributed by atoms with Crippen LogP contribution in [-0.4, -0.2) is 43.0 Å². The second-order valence-corrected chi connectivity index (χ2v) is 7.23. The molecule has 5 heteroatoms. The topological polar surface area (TPSA) is 57.5 Å². The summed E-state index contributed by atoms with van der Waals surface area (Å²) in [6, 6.07) is 10.2. The fourth-order valence-corrected chi connectivity index (χ4v) is 3.13. The van der Waals surface area contributed by atoms with E-state index in [1.165, 1.54) is 0 Å². The van der Waals surface area contributed by atoms with E-state index in [0.29, 0.717) is 5.92 Å². The molecular formula is C19H27N3O2. The number of benzene rings is 1. The Balaban J connectivity index is 1.49. The van der Waals surface area contributed by atoms with Crippen molar-refractivity contribution in [1.29, 1.82) is 0 Å². The lowest BCUT2D eigenvalue weighted by Crippen LogP contribution is -2.52. The second kappa shape index (κ2) is 6.95. The SMILES string of the molecule is CNC(C)(C)C(=O)NCC1CCN(Cc2cc3ccccc3o2)C1. The van der Waals surface area contributed by atoms with E-state index in [-0.39, 0.29) is 5.91 Å². The van der Waals surface area contributed by atoms with Crippen molar-refractivity contribution in [3.63, 3.8) is 0 Å². The molecule has 0 aliphatic carbocycles. The maximum atomic E-state index is 12.1. The van der Waals surface area contributed by atoms with Crippen molar-refractivity contribution in [1.82, 2.24) is 15.5 Å². The van der Waals surface area contributed by atoms with Crippen LogP contribution < -0.4 is 10.6 Å². The van der Waals surface area contributed by atoms with E-state index in [0.717, 1.165) is 49.3 Å². The van der Waals surface area contributed by atoms with Gasteiger partial charge in [-0.1, -0.05) is 18.2 Å². The first kappa shape index (κ1) is 17.0. The number of para-hydroxylation sites is 1. The van der Waals surface area contributed by atoms with Crippen LogP contribution in [0.15, 0.2) is 34.7 Å². The number of carbonyl (C=O) groups excluding carboxylic acids is 1. The Morgan fingerprint density at radius 1 is 1.38 bits per heavy atom. The number of likely N-dealkylation sites (tertiary alicyclic amines) is 1. The highest BCUT2D eigenvalue weighted by molar-refractivity contribution is 5.85. The highest BCUT2D eigenvalue weighted by atomic mass is 16.3. The first-order chi connectivity index (χ1) is 11.5. The van der Waals surface area contributed by atoms with Gasteiger partial charge in [-0.15, -0.1) is 0 Å². The number of fused-ring (bicyclic) bond motifs is 1. The fraction of sp³-hybridized carbons (Fsp3) is 0.526. The minimum atomic E-state index is -0.521. The van der Waals surface area contributed by atoms with Crippen molar-refractivity contribution < 1.29 is 9.21 Å². The minimum Gasteiger partial charge on any atom is -0.460 e. The third-order valence-corrected chi connectivity index (χ3v) is 4.97. The summed E-state index contributed by atoms with van der Waals surface area (Å²) in [7, 11) is 1.81. The monoisotopic (exact) mass is 329 g/mol. The van der Waals surface area contributed by atoms with E-state index in [1.807, 2.05) is 39.1 Å². The van der Waals surface area contributed by atoms with Crippen molar-refractivity contribution in [3.05, 3.63) is 36.1 Å². The third-order valence-electron chi connectivity index (χ3n) is 4.97. The van der Waals surface area contributed by atoms with Crippen molar-refractivity contribution in [2.24, 2.45) is 5.92 Å². The molecule has 1 aromatic carbocycles. The number of nitrogens with one attached hydrogen (secondary N) is 2. The Bertz CT molecular complexity index is 674. The third kappa shape index (κ3) is 3.79. The van der Waals surface area contributed by atoms with Gasteiger partial charge in [0.25, 0.3) is 0 Å². The van der Waals surface area contributed by atoms with Gasteiger partial charge in [0, 0.05) is 18.5 Å². The van der Waals surface area contributed by atoms with Gasteiger partial charge in [0.1, 0.15) is 11.3 Å². The van der Waals surface area contributed by atoms with Crippen LogP contribution >= 0.6 is 0 Å². The lowest BCUT2D eigenvalue weighted by Gasteiger charge is -2.24. The largest absolute Gasteiger partial charge is 0.460 e. The molecule has 24 heavy (non-hydrogen) atoms. The molecule has 5 nitrogen and oxygen atoms in total. The quantitative estimate of drug-likeness (QED) is 0.854. The lowest BCUT2D eigenvalue weighted by molar-refractivity contribution is -0.126. The van der Waals surface area contributed by atoms with Gasteiger partial charge in [-0.25, -0.2) is 0 Å². The Kier molecular flexibility index (Phi) is 4.92. The smallest absolute Gasteiger partial charge is 0.239 e. The maximum Gasteiger partial charge on any atom is 0.239 e. The molecule has 0 saturated carbocycles. The predicted octanol–water partition coefficient (Wildman–Crippen LogP) is 2.37. The number of hydrogen-bond donors (Lipinski definition) is 2. The molecular weight excluding hydrogens is 302 g/mol. The predicted molar refractivity (Wildman–Crippen MR) is 95.7 cm³/mol. The number of nitrogens with zero attached hydrogens (tertiary/aromatic N) is 1. The van der Waals surface area contributed by atoms with E-state index in [4.69, 9.17) is 4.42 Å². The van der Waals surface area contributed by atoms with E-state index in [9.17, 15) is 4.79 Å². The minimum absolute atomic E-state index is 0.0562. The summed E-state index contributed by atoms with van der Waals surface area (Å²) in [6.45, 7) is 7.40. The molecule has 1 aromatic heterocycles. The standard InChI is InChI=1S/C19H27N3O2/c1-19(2,20-3)18(23)21-11-14-8-9-22(12-14)13-16-10-15-6-4-5-7-17(15)24-16/h4-7,10,14,20H,8-9,11-13H2,1-3H3,(H,21,23). The van der Waals surface area contributed by atoms with Gasteiger partial charge in [0.2, 0.25) is 5.91 Å².